The molecule has 1 aromatic carbocycles. The number of benzene rings is 1. The summed E-state index contributed by atoms with van der Waals surface area (Å²) in [6.45, 7) is 0. The molecule has 64 valence electrons. The second-order valence-electron chi connectivity index (χ2n) is 3.14. The van der Waals surface area contributed by atoms with Crippen LogP contribution in [0.15, 0.2) is 22.7 Å². The minimum Gasteiger partial charge on any atom is -0.496 e. The molecule has 1 aromatic rings. The summed E-state index contributed by atoms with van der Waals surface area (Å²) < 4.78 is 6.35. The van der Waals surface area contributed by atoms with Crippen molar-refractivity contribution in [1.82, 2.24) is 0 Å². The SMILES string of the molecule is COc1cccc(C2CC2)c1Br. The fourth-order valence-electron chi connectivity index (χ4n) is 1.40. The highest BCUT2D eigenvalue weighted by Crippen LogP contribution is 2.45. The number of rotatable bonds is 2. The van der Waals surface area contributed by atoms with E-state index >= 15 is 0 Å². The van der Waals surface area contributed by atoms with Crippen LogP contribution >= 0.6 is 15.9 Å². The lowest BCUT2D eigenvalue weighted by Crippen LogP contribution is -1.88. The van der Waals surface area contributed by atoms with Gasteiger partial charge in [0, 0.05) is 0 Å². The van der Waals surface area contributed by atoms with E-state index in [0.29, 0.717) is 0 Å². The average molecular weight is 227 g/mol. The van der Waals surface area contributed by atoms with E-state index in [9.17, 15) is 0 Å². The fraction of sp³-hybridized carbons (Fsp3) is 0.400. The van der Waals surface area contributed by atoms with Crippen molar-refractivity contribution in [2.24, 2.45) is 0 Å². The van der Waals surface area contributed by atoms with Gasteiger partial charge in [-0.2, -0.15) is 0 Å². The first kappa shape index (κ1) is 8.11. The maximum absolute atomic E-state index is 5.22. The summed E-state index contributed by atoms with van der Waals surface area (Å²) in [5.74, 6) is 1.72. The van der Waals surface area contributed by atoms with E-state index in [0.717, 1.165) is 16.1 Å². The van der Waals surface area contributed by atoms with Crippen molar-refractivity contribution in [2.45, 2.75) is 18.8 Å². The van der Waals surface area contributed by atoms with Crippen molar-refractivity contribution >= 4 is 15.9 Å². The Balaban J connectivity index is 2.40. The zero-order valence-electron chi connectivity index (χ0n) is 7.01. The van der Waals surface area contributed by atoms with Crippen molar-refractivity contribution in [3.8, 4) is 5.75 Å². The van der Waals surface area contributed by atoms with Gasteiger partial charge in [-0.25, -0.2) is 0 Å². The Kier molecular flexibility index (Phi) is 2.09. The second kappa shape index (κ2) is 3.09. The molecule has 2 rings (SSSR count). The van der Waals surface area contributed by atoms with Gasteiger partial charge in [-0.3, -0.25) is 0 Å². The lowest BCUT2D eigenvalue weighted by molar-refractivity contribution is 0.411. The van der Waals surface area contributed by atoms with Crippen LogP contribution < -0.4 is 4.74 Å². The van der Waals surface area contributed by atoms with E-state index in [1.807, 2.05) is 6.07 Å². The molecule has 0 heterocycles. The number of hydrogen-bond acceptors (Lipinski definition) is 1. The molecule has 1 saturated carbocycles. The van der Waals surface area contributed by atoms with Crippen LogP contribution in [0.2, 0.25) is 0 Å². The van der Waals surface area contributed by atoms with Crippen LogP contribution in [-0.4, -0.2) is 7.11 Å². The minimum absolute atomic E-state index is 0.773. The molecule has 0 spiro atoms. The van der Waals surface area contributed by atoms with Crippen molar-refractivity contribution in [3.63, 3.8) is 0 Å². The zero-order chi connectivity index (χ0) is 8.55. The first-order chi connectivity index (χ1) is 5.83. The predicted octanol–water partition coefficient (Wildman–Crippen LogP) is 3.34. The molecule has 2 heteroatoms. The lowest BCUT2D eigenvalue weighted by Gasteiger charge is -2.06. The van der Waals surface area contributed by atoms with Crippen LogP contribution in [0.5, 0.6) is 5.75 Å². The first-order valence-corrected chi connectivity index (χ1v) is 4.94. The molecule has 0 saturated heterocycles. The van der Waals surface area contributed by atoms with Crippen molar-refractivity contribution < 1.29 is 4.74 Å². The van der Waals surface area contributed by atoms with Gasteiger partial charge in [-0.1, -0.05) is 12.1 Å². The Bertz CT molecular complexity index is 292. The van der Waals surface area contributed by atoms with E-state index in [-0.39, 0.29) is 0 Å². The highest BCUT2D eigenvalue weighted by atomic mass is 79.9. The van der Waals surface area contributed by atoms with E-state index in [2.05, 4.69) is 28.1 Å². The molecule has 12 heavy (non-hydrogen) atoms. The summed E-state index contributed by atoms with van der Waals surface area (Å²) in [6, 6.07) is 6.21. The number of ether oxygens (including phenoxy) is 1. The Labute approximate surface area is 80.9 Å². The summed E-state index contributed by atoms with van der Waals surface area (Å²) in [4.78, 5) is 0. The van der Waals surface area contributed by atoms with Crippen LogP contribution in [0.4, 0.5) is 0 Å². The Morgan fingerprint density at radius 3 is 2.75 bits per heavy atom. The maximum Gasteiger partial charge on any atom is 0.133 e. The molecule has 1 aliphatic rings. The molecule has 0 aromatic heterocycles. The van der Waals surface area contributed by atoms with Gasteiger partial charge < -0.3 is 4.74 Å². The highest BCUT2D eigenvalue weighted by molar-refractivity contribution is 9.10. The molecule has 1 fully saturated rings. The van der Waals surface area contributed by atoms with Crippen LogP contribution in [-0.2, 0) is 0 Å². The van der Waals surface area contributed by atoms with Gasteiger partial charge in [0.1, 0.15) is 5.75 Å². The maximum atomic E-state index is 5.22. The van der Waals surface area contributed by atoms with Gasteiger partial charge in [0.15, 0.2) is 0 Å². The van der Waals surface area contributed by atoms with Gasteiger partial charge in [0.2, 0.25) is 0 Å². The molecule has 0 radical (unpaired) electrons. The molecule has 0 atom stereocenters. The third-order valence-corrected chi connectivity index (χ3v) is 3.08. The van der Waals surface area contributed by atoms with Crippen molar-refractivity contribution in [2.75, 3.05) is 7.11 Å². The quantitative estimate of drug-likeness (QED) is 0.752. The summed E-state index contributed by atoms with van der Waals surface area (Å²) >= 11 is 3.56. The van der Waals surface area contributed by atoms with Crippen molar-refractivity contribution in [1.29, 1.82) is 0 Å². The van der Waals surface area contributed by atoms with Crippen LogP contribution in [0.3, 0.4) is 0 Å². The summed E-state index contributed by atoms with van der Waals surface area (Å²) in [5.41, 5.74) is 1.40. The summed E-state index contributed by atoms with van der Waals surface area (Å²) in [5, 5.41) is 0. The minimum atomic E-state index is 0.773. The van der Waals surface area contributed by atoms with Crippen molar-refractivity contribution in [3.05, 3.63) is 28.2 Å². The molecule has 0 unspecified atom stereocenters. The standard InChI is InChI=1S/C10H11BrO/c1-12-9-4-2-3-8(10(9)11)7-5-6-7/h2-4,7H,5-6H2,1H3. The molecular weight excluding hydrogens is 216 g/mol. The van der Waals surface area contributed by atoms with Crippen LogP contribution in [0, 0.1) is 0 Å². The number of hydrogen-bond donors (Lipinski definition) is 0. The predicted molar refractivity (Wildman–Crippen MR) is 52.7 cm³/mol. The van der Waals surface area contributed by atoms with E-state index < -0.39 is 0 Å². The largest absolute Gasteiger partial charge is 0.496 e. The normalized spacial score (nSPS) is 16.2. The molecule has 1 nitrogen and oxygen atoms in total. The average Bonchev–Trinajstić information content (AvgIpc) is 2.88. The topological polar surface area (TPSA) is 9.23 Å². The molecule has 0 aliphatic heterocycles. The van der Waals surface area contributed by atoms with Gasteiger partial charge in [-0.05, 0) is 46.3 Å². The number of halogens is 1. The van der Waals surface area contributed by atoms with Gasteiger partial charge >= 0.3 is 0 Å². The monoisotopic (exact) mass is 226 g/mol. The molecule has 0 amide bonds. The Morgan fingerprint density at radius 1 is 1.42 bits per heavy atom. The highest BCUT2D eigenvalue weighted by Gasteiger charge is 2.26. The lowest BCUT2D eigenvalue weighted by atomic mass is 10.1. The Morgan fingerprint density at radius 2 is 2.17 bits per heavy atom. The van der Waals surface area contributed by atoms with Crippen LogP contribution in [0.25, 0.3) is 0 Å². The smallest absolute Gasteiger partial charge is 0.133 e. The zero-order valence-corrected chi connectivity index (χ0v) is 8.60. The molecule has 0 N–H and O–H groups in total. The molecule has 0 bridgehead atoms. The third-order valence-electron chi connectivity index (χ3n) is 2.23. The second-order valence-corrected chi connectivity index (χ2v) is 3.93. The van der Waals surface area contributed by atoms with E-state index in [4.69, 9.17) is 4.74 Å². The molecular formula is C10H11BrO. The number of methoxy groups -OCH3 is 1. The summed E-state index contributed by atoms with van der Waals surface area (Å²) in [6.07, 6.45) is 2.65. The van der Waals surface area contributed by atoms with Crippen LogP contribution in [0.1, 0.15) is 24.3 Å². The van der Waals surface area contributed by atoms with Gasteiger partial charge in [-0.15, -0.1) is 0 Å². The molecule has 1 aliphatic carbocycles. The third kappa shape index (κ3) is 1.36. The van der Waals surface area contributed by atoms with E-state index in [1.54, 1.807) is 7.11 Å². The van der Waals surface area contributed by atoms with Gasteiger partial charge in [0.05, 0.1) is 11.6 Å². The van der Waals surface area contributed by atoms with Gasteiger partial charge in [0.25, 0.3) is 0 Å². The van der Waals surface area contributed by atoms with E-state index in [1.165, 1.54) is 18.4 Å². The fourth-order valence-corrected chi connectivity index (χ4v) is 2.14. The summed E-state index contributed by atoms with van der Waals surface area (Å²) in [7, 11) is 1.71. The first-order valence-electron chi connectivity index (χ1n) is 4.15. The Hall–Kier alpha value is -0.500.